The zero-order chi connectivity index (χ0) is 16.7. The van der Waals surface area contributed by atoms with Gasteiger partial charge in [0.15, 0.2) is 0 Å². The summed E-state index contributed by atoms with van der Waals surface area (Å²) >= 11 is 0. The Morgan fingerprint density at radius 3 is 2.62 bits per heavy atom. The van der Waals surface area contributed by atoms with Crippen molar-refractivity contribution < 1.29 is 9.13 Å². The molecule has 124 valence electrons. The summed E-state index contributed by atoms with van der Waals surface area (Å²) in [6.45, 7) is 5.74. The number of benzene rings is 1. The minimum atomic E-state index is -0.227. The number of aromatic nitrogens is 2. The molecule has 0 atom stereocenters. The Balaban J connectivity index is 1.69. The van der Waals surface area contributed by atoms with E-state index in [0.717, 1.165) is 34.8 Å². The van der Waals surface area contributed by atoms with Gasteiger partial charge in [0.05, 0.1) is 5.52 Å². The monoisotopic (exact) mass is 324 g/mol. The van der Waals surface area contributed by atoms with E-state index in [-0.39, 0.29) is 5.82 Å². The SMILES string of the molecule is Cc1c(C)n(CC2CC2)c2c(OCc3ccc(F)cc3)ccnc12. The van der Waals surface area contributed by atoms with E-state index in [9.17, 15) is 4.39 Å². The minimum Gasteiger partial charge on any atom is -0.487 e. The van der Waals surface area contributed by atoms with Crippen LogP contribution in [0.25, 0.3) is 11.0 Å². The molecule has 0 spiro atoms. The largest absolute Gasteiger partial charge is 0.487 e. The van der Waals surface area contributed by atoms with Crippen LogP contribution in [-0.4, -0.2) is 9.55 Å². The molecule has 1 saturated carbocycles. The smallest absolute Gasteiger partial charge is 0.147 e. The number of fused-ring (bicyclic) bond motifs is 1. The fraction of sp³-hybridized carbons (Fsp3) is 0.350. The Morgan fingerprint density at radius 2 is 1.92 bits per heavy atom. The minimum absolute atomic E-state index is 0.227. The van der Waals surface area contributed by atoms with Gasteiger partial charge in [0.2, 0.25) is 0 Å². The maximum atomic E-state index is 13.0. The number of rotatable bonds is 5. The van der Waals surface area contributed by atoms with E-state index in [1.807, 2.05) is 6.07 Å². The van der Waals surface area contributed by atoms with Crippen molar-refractivity contribution in [3.05, 3.63) is 59.2 Å². The molecule has 2 heterocycles. The molecule has 0 amide bonds. The van der Waals surface area contributed by atoms with E-state index in [2.05, 4.69) is 23.4 Å². The molecule has 0 aliphatic heterocycles. The number of aryl methyl sites for hydroxylation is 1. The maximum absolute atomic E-state index is 13.0. The van der Waals surface area contributed by atoms with Crippen molar-refractivity contribution in [2.75, 3.05) is 0 Å². The highest BCUT2D eigenvalue weighted by Crippen LogP contribution is 2.36. The number of hydrogen-bond acceptors (Lipinski definition) is 2. The number of hydrogen-bond donors (Lipinski definition) is 0. The molecule has 0 N–H and O–H groups in total. The second-order valence-electron chi connectivity index (χ2n) is 6.69. The Labute approximate surface area is 141 Å². The summed E-state index contributed by atoms with van der Waals surface area (Å²) in [5.41, 5.74) is 5.54. The van der Waals surface area contributed by atoms with Gasteiger partial charge in [-0.2, -0.15) is 0 Å². The molecule has 3 aromatic rings. The van der Waals surface area contributed by atoms with Gasteiger partial charge < -0.3 is 9.30 Å². The first-order valence-corrected chi connectivity index (χ1v) is 8.45. The first kappa shape index (κ1) is 15.2. The van der Waals surface area contributed by atoms with Crippen molar-refractivity contribution in [2.45, 2.75) is 39.8 Å². The van der Waals surface area contributed by atoms with Gasteiger partial charge >= 0.3 is 0 Å². The Morgan fingerprint density at radius 1 is 1.17 bits per heavy atom. The standard InChI is InChI=1S/C20H21FN2O/c1-13-14(2)23(11-15-3-4-15)20-18(9-10-22-19(13)20)24-12-16-5-7-17(21)8-6-16/h5-10,15H,3-4,11-12H2,1-2H3. The molecule has 1 aliphatic rings. The lowest BCUT2D eigenvalue weighted by molar-refractivity contribution is 0.308. The van der Waals surface area contributed by atoms with Crippen LogP contribution < -0.4 is 4.74 Å². The predicted octanol–water partition coefficient (Wildman–Crippen LogP) is 4.78. The molecule has 4 rings (SSSR count). The molecule has 1 aliphatic carbocycles. The van der Waals surface area contributed by atoms with Crippen LogP contribution >= 0.6 is 0 Å². The molecule has 0 saturated heterocycles. The molecular formula is C20H21FN2O. The van der Waals surface area contributed by atoms with Crippen molar-refractivity contribution in [3.63, 3.8) is 0 Å². The summed E-state index contributed by atoms with van der Waals surface area (Å²) in [4.78, 5) is 4.57. The first-order chi connectivity index (χ1) is 11.6. The van der Waals surface area contributed by atoms with Gasteiger partial charge in [-0.05, 0) is 55.9 Å². The molecule has 0 bridgehead atoms. The normalized spacial score (nSPS) is 14.3. The molecule has 24 heavy (non-hydrogen) atoms. The summed E-state index contributed by atoms with van der Waals surface area (Å²) in [6, 6.07) is 8.37. The van der Waals surface area contributed by atoms with Gasteiger partial charge in [-0.15, -0.1) is 0 Å². The Kier molecular flexibility index (Phi) is 3.75. The van der Waals surface area contributed by atoms with Crippen molar-refractivity contribution >= 4 is 11.0 Å². The fourth-order valence-corrected chi connectivity index (χ4v) is 3.16. The zero-order valence-corrected chi connectivity index (χ0v) is 14.1. The summed E-state index contributed by atoms with van der Waals surface area (Å²) in [5, 5.41) is 0. The van der Waals surface area contributed by atoms with Crippen LogP contribution in [0, 0.1) is 25.6 Å². The fourth-order valence-electron chi connectivity index (χ4n) is 3.16. The lowest BCUT2D eigenvalue weighted by Gasteiger charge is -2.12. The van der Waals surface area contributed by atoms with Crippen molar-refractivity contribution in [3.8, 4) is 5.75 Å². The molecule has 3 nitrogen and oxygen atoms in total. The second kappa shape index (κ2) is 5.93. The quantitative estimate of drug-likeness (QED) is 0.675. The summed E-state index contributed by atoms with van der Waals surface area (Å²) < 4.78 is 21.5. The summed E-state index contributed by atoms with van der Waals surface area (Å²) in [5.74, 6) is 1.40. The highest BCUT2D eigenvalue weighted by Gasteiger charge is 2.25. The highest BCUT2D eigenvalue weighted by molar-refractivity contribution is 5.86. The predicted molar refractivity (Wildman–Crippen MR) is 92.7 cm³/mol. The van der Waals surface area contributed by atoms with Gasteiger partial charge in [-0.1, -0.05) is 12.1 Å². The topological polar surface area (TPSA) is 27.1 Å². The number of nitrogens with zero attached hydrogens (tertiary/aromatic N) is 2. The van der Waals surface area contributed by atoms with Gasteiger partial charge in [-0.3, -0.25) is 4.98 Å². The lowest BCUT2D eigenvalue weighted by Crippen LogP contribution is -2.04. The average molecular weight is 324 g/mol. The van der Waals surface area contributed by atoms with Crippen LogP contribution in [0.2, 0.25) is 0 Å². The van der Waals surface area contributed by atoms with E-state index < -0.39 is 0 Å². The molecule has 1 fully saturated rings. The third kappa shape index (κ3) is 2.77. The van der Waals surface area contributed by atoms with Crippen LogP contribution in [0.5, 0.6) is 5.75 Å². The van der Waals surface area contributed by atoms with Gasteiger partial charge in [-0.25, -0.2) is 4.39 Å². The van der Waals surface area contributed by atoms with Crippen molar-refractivity contribution in [1.82, 2.24) is 9.55 Å². The third-order valence-corrected chi connectivity index (χ3v) is 4.91. The highest BCUT2D eigenvalue weighted by atomic mass is 19.1. The number of ether oxygens (including phenoxy) is 1. The molecular weight excluding hydrogens is 303 g/mol. The first-order valence-electron chi connectivity index (χ1n) is 8.45. The van der Waals surface area contributed by atoms with Crippen LogP contribution in [0.1, 0.15) is 29.7 Å². The van der Waals surface area contributed by atoms with Gasteiger partial charge in [0.1, 0.15) is 23.7 Å². The van der Waals surface area contributed by atoms with Crippen LogP contribution in [0.3, 0.4) is 0 Å². The average Bonchev–Trinajstić information content (AvgIpc) is 3.38. The van der Waals surface area contributed by atoms with Crippen LogP contribution in [-0.2, 0) is 13.2 Å². The third-order valence-electron chi connectivity index (χ3n) is 4.91. The van der Waals surface area contributed by atoms with E-state index in [1.54, 1.807) is 18.3 Å². The van der Waals surface area contributed by atoms with E-state index in [0.29, 0.717) is 6.61 Å². The molecule has 0 unspecified atom stereocenters. The molecule has 4 heteroatoms. The van der Waals surface area contributed by atoms with Crippen LogP contribution in [0.4, 0.5) is 4.39 Å². The molecule has 1 aromatic carbocycles. The van der Waals surface area contributed by atoms with Crippen molar-refractivity contribution in [1.29, 1.82) is 0 Å². The Hall–Kier alpha value is -2.36. The zero-order valence-electron chi connectivity index (χ0n) is 14.1. The summed E-state index contributed by atoms with van der Waals surface area (Å²) in [6.07, 6.45) is 4.42. The van der Waals surface area contributed by atoms with E-state index in [1.165, 1.54) is 36.2 Å². The van der Waals surface area contributed by atoms with E-state index >= 15 is 0 Å². The van der Waals surface area contributed by atoms with Crippen LogP contribution in [0.15, 0.2) is 36.5 Å². The maximum Gasteiger partial charge on any atom is 0.147 e. The van der Waals surface area contributed by atoms with Gasteiger partial charge in [0.25, 0.3) is 0 Å². The second-order valence-corrected chi connectivity index (χ2v) is 6.69. The van der Waals surface area contributed by atoms with E-state index in [4.69, 9.17) is 4.74 Å². The Bertz CT molecular complexity index is 879. The lowest BCUT2D eigenvalue weighted by atomic mass is 10.2. The van der Waals surface area contributed by atoms with Gasteiger partial charge in [0, 0.05) is 24.5 Å². The van der Waals surface area contributed by atoms with Crippen molar-refractivity contribution in [2.24, 2.45) is 5.92 Å². The molecule has 2 aromatic heterocycles. The number of halogens is 1. The summed E-state index contributed by atoms with van der Waals surface area (Å²) in [7, 11) is 0. The number of pyridine rings is 1. The molecule has 0 radical (unpaired) electrons.